The second-order valence-corrected chi connectivity index (χ2v) is 4.07. The molecule has 0 radical (unpaired) electrons. The number of likely N-dealkylation sites (tertiary alicyclic amines) is 1. The maximum absolute atomic E-state index is 11.7. The molecule has 0 unspecified atom stereocenters. The van der Waals surface area contributed by atoms with Gasteiger partial charge in [-0.2, -0.15) is 0 Å². The van der Waals surface area contributed by atoms with Crippen molar-refractivity contribution in [3.05, 3.63) is 24.2 Å². The van der Waals surface area contributed by atoms with Crippen molar-refractivity contribution in [2.45, 2.75) is 13.0 Å². The highest BCUT2D eigenvalue weighted by atomic mass is 16.5. The van der Waals surface area contributed by atoms with E-state index in [2.05, 4.69) is 5.92 Å². The van der Waals surface area contributed by atoms with E-state index in [0.29, 0.717) is 18.8 Å². The molecule has 1 aromatic rings. The van der Waals surface area contributed by atoms with E-state index < -0.39 is 11.9 Å². The Morgan fingerprint density at radius 3 is 3.17 bits per heavy atom. The number of hydrogen-bond acceptors (Lipinski definition) is 4. The number of furan rings is 1. The van der Waals surface area contributed by atoms with Gasteiger partial charge in [0.2, 0.25) is 5.91 Å². The van der Waals surface area contributed by atoms with Crippen LogP contribution in [0.4, 0.5) is 0 Å². The van der Waals surface area contributed by atoms with Gasteiger partial charge in [0.25, 0.3) is 0 Å². The zero-order valence-electron chi connectivity index (χ0n) is 9.80. The lowest BCUT2D eigenvalue weighted by atomic mass is 10.1. The number of amides is 1. The molecule has 0 bridgehead atoms. The van der Waals surface area contributed by atoms with Gasteiger partial charge in [-0.1, -0.05) is 5.92 Å². The summed E-state index contributed by atoms with van der Waals surface area (Å²) in [7, 11) is 0. The number of esters is 1. The Labute approximate surface area is 105 Å². The van der Waals surface area contributed by atoms with Crippen LogP contribution in [0.2, 0.25) is 0 Å². The molecule has 1 atom stereocenters. The number of ether oxygens (including phenoxy) is 1. The standard InChI is InChI=1S/C13H13NO4/c1-2-5-18-13(16)10-7-12(15)14(8-10)9-11-4-3-6-17-11/h1,3-4,6,10H,5,7-9H2/t10-/m1/s1. The molecule has 2 heterocycles. The third-order valence-electron chi connectivity index (χ3n) is 2.77. The maximum atomic E-state index is 11.7. The van der Waals surface area contributed by atoms with Gasteiger partial charge >= 0.3 is 5.97 Å². The molecule has 0 spiro atoms. The lowest BCUT2D eigenvalue weighted by Crippen LogP contribution is -2.26. The van der Waals surface area contributed by atoms with E-state index >= 15 is 0 Å². The highest BCUT2D eigenvalue weighted by Gasteiger charge is 2.35. The van der Waals surface area contributed by atoms with Crippen LogP contribution in [0.25, 0.3) is 0 Å². The molecule has 1 saturated heterocycles. The molecule has 1 fully saturated rings. The van der Waals surface area contributed by atoms with Crippen molar-refractivity contribution >= 4 is 11.9 Å². The van der Waals surface area contributed by atoms with Crippen LogP contribution >= 0.6 is 0 Å². The Morgan fingerprint density at radius 1 is 1.67 bits per heavy atom. The van der Waals surface area contributed by atoms with E-state index in [1.54, 1.807) is 23.3 Å². The topological polar surface area (TPSA) is 59.8 Å². The van der Waals surface area contributed by atoms with Gasteiger partial charge in [-0.15, -0.1) is 6.42 Å². The van der Waals surface area contributed by atoms with Crippen LogP contribution in [0.3, 0.4) is 0 Å². The quantitative estimate of drug-likeness (QED) is 0.583. The molecule has 1 aliphatic rings. The molecule has 0 aromatic carbocycles. The smallest absolute Gasteiger partial charge is 0.312 e. The van der Waals surface area contributed by atoms with Crippen LogP contribution < -0.4 is 0 Å². The van der Waals surface area contributed by atoms with Gasteiger partial charge in [-0.3, -0.25) is 9.59 Å². The molecule has 0 saturated carbocycles. The van der Waals surface area contributed by atoms with Crippen LogP contribution in [-0.2, 0) is 20.9 Å². The first kappa shape index (κ1) is 12.2. The first-order valence-corrected chi connectivity index (χ1v) is 5.61. The molecule has 5 heteroatoms. The van der Waals surface area contributed by atoms with Crippen molar-refractivity contribution in [2.75, 3.05) is 13.2 Å². The van der Waals surface area contributed by atoms with Crippen molar-refractivity contribution in [1.82, 2.24) is 4.90 Å². The lowest BCUT2D eigenvalue weighted by Gasteiger charge is -2.14. The molecule has 94 valence electrons. The summed E-state index contributed by atoms with van der Waals surface area (Å²) < 4.78 is 10.00. The van der Waals surface area contributed by atoms with Crippen LogP contribution in [0.1, 0.15) is 12.2 Å². The normalized spacial score (nSPS) is 18.7. The number of terminal acetylenes is 1. The average Bonchev–Trinajstić information content (AvgIpc) is 2.98. The minimum Gasteiger partial charge on any atom is -0.467 e. The molecule has 18 heavy (non-hydrogen) atoms. The summed E-state index contributed by atoms with van der Waals surface area (Å²) in [6.07, 6.45) is 6.72. The number of rotatable bonds is 4. The van der Waals surface area contributed by atoms with Gasteiger partial charge in [0.05, 0.1) is 18.7 Å². The number of carbonyl (C=O) groups excluding carboxylic acids is 2. The Morgan fingerprint density at radius 2 is 2.50 bits per heavy atom. The number of carbonyl (C=O) groups is 2. The maximum Gasteiger partial charge on any atom is 0.312 e. The summed E-state index contributed by atoms with van der Waals surface area (Å²) in [5.74, 6) is 2.00. The predicted molar refractivity (Wildman–Crippen MR) is 62.0 cm³/mol. The summed E-state index contributed by atoms with van der Waals surface area (Å²) in [5, 5.41) is 0. The molecule has 2 rings (SSSR count). The molecule has 1 aromatic heterocycles. The highest BCUT2D eigenvalue weighted by Crippen LogP contribution is 2.21. The first-order valence-electron chi connectivity index (χ1n) is 5.61. The highest BCUT2D eigenvalue weighted by molar-refractivity contribution is 5.86. The third-order valence-corrected chi connectivity index (χ3v) is 2.77. The van der Waals surface area contributed by atoms with Crippen molar-refractivity contribution in [3.8, 4) is 12.3 Å². The van der Waals surface area contributed by atoms with Crippen molar-refractivity contribution in [2.24, 2.45) is 5.92 Å². The van der Waals surface area contributed by atoms with Crippen molar-refractivity contribution < 1.29 is 18.7 Å². The Hall–Kier alpha value is -2.22. The molecular formula is C13H13NO4. The Balaban J connectivity index is 1.91. The average molecular weight is 247 g/mol. The summed E-state index contributed by atoms with van der Waals surface area (Å²) in [4.78, 5) is 24.9. The SMILES string of the molecule is C#CCOC(=O)[C@@H]1CC(=O)N(Cc2ccco2)C1. The minimum absolute atomic E-state index is 0.0539. The van der Waals surface area contributed by atoms with Gasteiger partial charge in [-0.05, 0) is 12.1 Å². The lowest BCUT2D eigenvalue weighted by molar-refractivity contribution is -0.146. The Kier molecular flexibility index (Phi) is 3.68. The molecule has 1 amide bonds. The number of hydrogen-bond donors (Lipinski definition) is 0. The first-order chi connectivity index (χ1) is 8.70. The van der Waals surface area contributed by atoms with E-state index in [-0.39, 0.29) is 18.9 Å². The summed E-state index contributed by atoms with van der Waals surface area (Å²) in [6.45, 7) is 0.676. The fourth-order valence-electron chi connectivity index (χ4n) is 1.90. The summed E-state index contributed by atoms with van der Waals surface area (Å²) >= 11 is 0. The van der Waals surface area contributed by atoms with Crippen LogP contribution in [-0.4, -0.2) is 29.9 Å². The predicted octanol–water partition coefficient (Wildman–Crippen LogP) is 0.804. The van der Waals surface area contributed by atoms with E-state index in [4.69, 9.17) is 15.6 Å². The van der Waals surface area contributed by atoms with Gasteiger partial charge in [-0.25, -0.2) is 0 Å². The molecule has 0 aliphatic carbocycles. The van der Waals surface area contributed by atoms with Crippen LogP contribution in [0.15, 0.2) is 22.8 Å². The van der Waals surface area contributed by atoms with Crippen molar-refractivity contribution in [3.63, 3.8) is 0 Å². The van der Waals surface area contributed by atoms with Crippen LogP contribution in [0.5, 0.6) is 0 Å². The molecular weight excluding hydrogens is 234 g/mol. The van der Waals surface area contributed by atoms with Crippen LogP contribution in [0, 0.1) is 18.3 Å². The van der Waals surface area contributed by atoms with Gasteiger partial charge in [0, 0.05) is 13.0 Å². The van der Waals surface area contributed by atoms with Gasteiger partial charge in [0.1, 0.15) is 5.76 Å². The molecule has 5 nitrogen and oxygen atoms in total. The fraction of sp³-hybridized carbons (Fsp3) is 0.385. The largest absolute Gasteiger partial charge is 0.467 e. The van der Waals surface area contributed by atoms with E-state index in [9.17, 15) is 9.59 Å². The second-order valence-electron chi connectivity index (χ2n) is 4.07. The van der Waals surface area contributed by atoms with Crippen molar-refractivity contribution in [1.29, 1.82) is 0 Å². The molecule has 1 aliphatic heterocycles. The zero-order valence-corrected chi connectivity index (χ0v) is 9.80. The zero-order chi connectivity index (χ0) is 13.0. The van der Waals surface area contributed by atoms with E-state index in [1.807, 2.05) is 0 Å². The van der Waals surface area contributed by atoms with Gasteiger partial charge in [0.15, 0.2) is 6.61 Å². The van der Waals surface area contributed by atoms with E-state index in [1.165, 1.54) is 0 Å². The monoisotopic (exact) mass is 247 g/mol. The summed E-state index contributed by atoms with van der Waals surface area (Å²) in [6, 6.07) is 3.55. The fourth-order valence-corrected chi connectivity index (χ4v) is 1.90. The Bertz CT molecular complexity index is 472. The van der Waals surface area contributed by atoms with E-state index in [0.717, 1.165) is 0 Å². The third kappa shape index (κ3) is 2.72. The minimum atomic E-state index is -0.430. The second kappa shape index (κ2) is 5.41. The number of nitrogens with zero attached hydrogens (tertiary/aromatic N) is 1. The summed E-state index contributed by atoms with van der Waals surface area (Å²) in [5.41, 5.74) is 0. The van der Waals surface area contributed by atoms with Gasteiger partial charge < -0.3 is 14.1 Å². The molecule has 0 N–H and O–H groups in total.